The summed E-state index contributed by atoms with van der Waals surface area (Å²) in [5, 5.41) is 82.2. The van der Waals surface area contributed by atoms with Gasteiger partial charge in [-0.15, -0.1) is 0 Å². The summed E-state index contributed by atoms with van der Waals surface area (Å²) in [5.41, 5.74) is 5.22. The number of nitrogens with two attached hydrogens (primary N) is 1. The van der Waals surface area contributed by atoms with Gasteiger partial charge in [-0.2, -0.15) is 0 Å². The van der Waals surface area contributed by atoms with Gasteiger partial charge in [0.15, 0.2) is 23.0 Å². The van der Waals surface area contributed by atoms with Gasteiger partial charge in [0.25, 0.3) is 0 Å². The van der Waals surface area contributed by atoms with Gasteiger partial charge in [0.05, 0.1) is 0 Å². The Labute approximate surface area is 170 Å². The third kappa shape index (κ3) is 2.82. The number of rotatable bonds is 3. The van der Waals surface area contributed by atoms with Crippen LogP contribution in [0.25, 0.3) is 0 Å². The van der Waals surface area contributed by atoms with Crippen molar-refractivity contribution in [1.82, 2.24) is 0 Å². The maximum atomic E-state index is 10.7. The summed E-state index contributed by atoms with van der Waals surface area (Å²) >= 11 is 0. The minimum atomic E-state index is -1.18. The van der Waals surface area contributed by atoms with E-state index < -0.39 is 57.4 Å². The van der Waals surface area contributed by atoms with E-state index in [2.05, 4.69) is 0 Å². The lowest BCUT2D eigenvalue weighted by atomic mass is 10.0. The number of nitrogens with zero attached hydrogens (tertiary/aromatic N) is 1. The Morgan fingerprint density at radius 1 is 0.600 bits per heavy atom. The van der Waals surface area contributed by atoms with Crippen molar-refractivity contribution < 1.29 is 40.9 Å². The van der Waals surface area contributed by atoms with Crippen molar-refractivity contribution in [3.63, 3.8) is 0 Å². The van der Waals surface area contributed by atoms with Crippen molar-refractivity contribution in [2.45, 2.75) is 13.8 Å². The number of aromatic hydroxyl groups is 8. The van der Waals surface area contributed by atoms with Gasteiger partial charge in [-0.05, 0) is 37.6 Å². The average Bonchev–Trinajstić information content (AvgIpc) is 2.72. The van der Waals surface area contributed by atoms with Crippen LogP contribution in [0.2, 0.25) is 0 Å². The van der Waals surface area contributed by atoms with E-state index in [9.17, 15) is 40.9 Å². The second kappa shape index (κ2) is 6.92. The van der Waals surface area contributed by atoms with E-state index in [-0.39, 0.29) is 22.5 Å². The smallest absolute Gasteiger partial charge is 0.208 e. The molecule has 0 radical (unpaired) electrons. The Kier molecular flexibility index (Phi) is 4.71. The van der Waals surface area contributed by atoms with Crippen LogP contribution in [-0.4, -0.2) is 40.9 Å². The molecular weight excluding hydrogens is 396 g/mol. The zero-order valence-electron chi connectivity index (χ0n) is 15.9. The molecule has 3 aromatic rings. The van der Waals surface area contributed by atoms with Crippen molar-refractivity contribution in [2.75, 3.05) is 10.6 Å². The molecule has 0 fully saturated rings. The van der Waals surface area contributed by atoms with Crippen molar-refractivity contribution >= 4 is 22.7 Å². The van der Waals surface area contributed by atoms with Crippen molar-refractivity contribution in [3.05, 3.63) is 35.4 Å². The van der Waals surface area contributed by atoms with E-state index in [1.165, 1.54) is 38.1 Å². The molecule has 0 aliphatic heterocycles. The highest BCUT2D eigenvalue weighted by Gasteiger charge is 2.33. The molecule has 0 amide bonds. The largest absolute Gasteiger partial charge is 0.505 e. The third-order valence-electron chi connectivity index (χ3n) is 4.87. The van der Waals surface area contributed by atoms with Crippen LogP contribution in [0, 0.1) is 13.8 Å². The number of benzene rings is 3. The molecule has 10 N–H and O–H groups in total. The highest BCUT2D eigenvalue weighted by molar-refractivity contribution is 5.94. The molecule has 0 saturated carbocycles. The van der Waals surface area contributed by atoms with Gasteiger partial charge < -0.3 is 46.6 Å². The predicted octanol–water partition coefficient (Wildman–Crippen LogP) is 3.00. The van der Waals surface area contributed by atoms with Crippen LogP contribution < -0.4 is 10.6 Å². The van der Waals surface area contributed by atoms with Gasteiger partial charge in [-0.1, -0.05) is 6.07 Å². The first kappa shape index (κ1) is 20.4. The first-order chi connectivity index (χ1) is 14.0. The van der Waals surface area contributed by atoms with E-state index in [1.807, 2.05) is 0 Å². The summed E-state index contributed by atoms with van der Waals surface area (Å²) in [6.45, 7) is 2.90. The molecule has 3 aromatic carbocycles. The average molecular weight is 416 g/mol. The molecule has 3 rings (SSSR count). The SMILES string of the molecule is Cc1c(C)c(O)c(N(c2cccc(N)c2)c2c(O)c(O)c(O)c(O)c2O)c(O)c1O. The molecule has 158 valence electrons. The number of phenolic OH excluding ortho intramolecular Hbond substituents is 8. The summed E-state index contributed by atoms with van der Waals surface area (Å²) < 4.78 is 0. The number of hydrogen-bond donors (Lipinski definition) is 9. The van der Waals surface area contributed by atoms with Crippen LogP contribution in [0.5, 0.6) is 46.0 Å². The molecule has 0 aromatic heterocycles. The predicted molar refractivity (Wildman–Crippen MR) is 108 cm³/mol. The zero-order chi connectivity index (χ0) is 22.5. The summed E-state index contributed by atoms with van der Waals surface area (Å²) in [5.74, 6) is -7.61. The standard InChI is InChI=1S/C20H20N2O8/c1-7-8(2)14(24)15(25)11(13(7)23)22(10-5-3-4-9(21)6-10)12-16(26)18(28)20(30)19(29)17(12)27/h3-6,23-30H,21H2,1-2H3. The molecule has 0 saturated heterocycles. The lowest BCUT2D eigenvalue weighted by Gasteiger charge is -2.29. The van der Waals surface area contributed by atoms with E-state index in [0.29, 0.717) is 0 Å². The van der Waals surface area contributed by atoms with E-state index in [0.717, 1.165) is 4.90 Å². The molecule has 0 aliphatic rings. The minimum Gasteiger partial charge on any atom is -0.505 e. The fraction of sp³-hybridized carbons (Fsp3) is 0.100. The first-order valence-electron chi connectivity index (χ1n) is 8.57. The quantitative estimate of drug-likeness (QED) is 0.174. The molecule has 0 aliphatic carbocycles. The van der Waals surface area contributed by atoms with E-state index in [4.69, 9.17) is 5.73 Å². The molecule has 0 bridgehead atoms. The summed E-state index contributed by atoms with van der Waals surface area (Å²) in [4.78, 5) is 0.858. The van der Waals surface area contributed by atoms with Crippen LogP contribution in [0.1, 0.15) is 11.1 Å². The normalized spacial score (nSPS) is 10.9. The van der Waals surface area contributed by atoms with Crippen LogP contribution in [0.15, 0.2) is 24.3 Å². The Hall–Kier alpha value is -4.34. The Morgan fingerprint density at radius 2 is 1.03 bits per heavy atom. The van der Waals surface area contributed by atoms with Crippen molar-refractivity contribution in [3.8, 4) is 46.0 Å². The minimum absolute atomic E-state index is 0.0540. The molecule has 0 heterocycles. The monoisotopic (exact) mass is 416 g/mol. The summed E-state index contributed by atoms with van der Waals surface area (Å²) in [7, 11) is 0. The van der Waals surface area contributed by atoms with E-state index >= 15 is 0 Å². The lowest BCUT2D eigenvalue weighted by molar-refractivity contribution is 0.329. The fourth-order valence-corrected chi connectivity index (χ4v) is 3.07. The Balaban J connectivity index is 2.52. The molecule has 10 nitrogen and oxygen atoms in total. The van der Waals surface area contributed by atoms with Crippen LogP contribution >= 0.6 is 0 Å². The molecule has 30 heavy (non-hydrogen) atoms. The van der Waals surface area contributed by atoms with Crippen LogP contribution in [0.4, 0.5) is 22.7 Å². The zero-order valence-corrected chi connectivity index (χ0v) is 15.9. The number of anilines is 4. The molecule has 0 atom stereocenters. The maximum Gasteiger partial charge on any atom is 0.208 e. The van der Waals surface area contributed by atoms with Gasteiger partial charge >= 0.3 is 0 Å². The fourth-order valence-electron chi connectivity index (χ4n) is 3.07. The van der Waals surface area contributed by atoms with Crippen LogP contribution in [-0.2, 0) is 0 Å². The first-order valence-corrected chi connectivity index (χ1v) is 8.57. The van der Waals surface area contributed by atoms with Gasteiger partial charge in [0.2, 0.25) is 17.2 Å². The summed E-state index contributed by atoms with van der Waals surface area (Å²) in [6.07, 6.45) is 0. The van der Waals surface area contributed by atoms with Crippen molar-refractivity contribution in [1.29, 1.82) is 0 Å². The molecule has 10 heteroatoms. The van der Waals surface area contributed by atoms with Gasteiger partial charge in [0.1, 0.15) is 17.1 Å². The van der Waals surface area contributed by atoms with Gasteiger partial charge in [-0.3, -0.25) is 4.90 Å². The van der Waals surface area contributed by atoms with Gasteiger partial charge in [0, 0.05) is 16.9 Å². The Bertz CT molecular complexity index is 1050. The molecule has 0 spiro atoms. The number of nitrogen functional groups attached to an aromatic ring is 1. The highest BCUT2D eigenvalue weighted by atomic mass is 16.4. The van der Waals surface area contributed by atoms with Gasteiger partial charge in [-0.25, -0.2) is 0 Å². The number of phenols is 8. The second-order valence-electron chi connectivity index (χ2n) is 6.67. The topological polar surface area (TPSA) is 191 Å². The molecule has 0 unspecified atom stereocenters. The third-order valence-corrected chi connectivity index (χ3v) is 4.87. The van der Waals surface area contributed by atoms with Crippen molar-refractivity contribution in [2.24, 2.45) is 0 Å². The Morgan fingerprint density at radius 3 is 1.57 bits per heavy atom. The summed E-state index contributed by atoms with van der Waals surface area (Å²) in [6, 6.07) is 5.76. The number of hydrogen-bond acceptors (Lipinski definition) is 10. The van der Waals surface area contributed by atoms with Crippen LogP contribution in [0.3, 0.4) is 0 Å². The molecular formula is C20H20N2O8. The van der Waals surface area contributed by atoms with E-state index in [1.54, 1.807) is 0 Å². The second-order valence-corrected chi connectivity index (χ2v) is 6.67. The maximum absolute atomic E-state index is 10.7. The highest BCUT2D eigenvalue weighted by Crippen LogP contribution is 2.61. The lowest BCUT2D eigenvalue weighted by Crippen LogP contribution is -2.12.